The summed E-state index contributed by atoms with van der Waals surface area (Å²) in [6.07, 6.45) is 1.54. The molecule has 0 bridgehead atoms. The number of likely N-dealkylation sites (N-methyl/N-ethyl adjacent to an activating group) is 1. The van der Waals surface area contributed by atoms with Crippen LogP contribution >= 0.6 is 0 Å². The summed E-state index contributed by atoms with van der Waals surface area (Å²) in [5.41, 5.74) is 7.69. The summed E-state index contributed by atoms with van der Waals surface area (Å²) in [5, 5.41) is 17.0. The van der Waals surface area contributed by atoms with Crippen molar-refractivity contribution in [1.29, 1.82) is 5.26 Å². The zero-order chi connectivity index (χ0) is 17.8. The third-order valence-electron chi connectivity index (χ3n) is 4.92. The van der Waals surface area contributed by atoms with Crippen molar-refractivity contribution < 1.29 is 9.53 Å². The number of aromatic nitrogens is 2. The van der Waals surface area contributed by atoms with Crippen molar-refractivity contribution in [3.05, 3.63) is 52.5 Å². The number of nitrogens with two attached hydrogens (primary N) is 1. The molecule has 1 atom stereocenters. The molecule has 7 heteroatoms. The fourth-order valence-electron chi connectivity index (χ4n) is 3.90. The largest absolute Gasteiger partial charge is 0.420 e. The number of ether oxygens (including phenoxy) is 1. The molecule has 0 saturated carbocycles. The molecular formula is C18H17N5O2. The SMILES string of the molecule is CCCc1[nH]nc2c1C1(C(=O)N(C)c3ccccc31)C(C#N)=C(N)O2. The van der Waals surface area contributed by atoms with E-state index in [0.29, 0.717) is 12.0 Å². The zero-order valence-corrected chi connectivity index (χ0v) is 14.0. The van der Waals surface area contributed by atoms with Crippen LogP contribution in [0.1, 0.15) is 30.2 Å². The summed E-state index contributed by atoms with van der Waals surface area (Å²) in [6.45, 7) is 2.04. The summed E-state index contributed by atoms with van der Waals surface area (Å²) in [5.74, 6) is -0.0436. The second-order valence-electron chi connectivity index (χ2n) is 6.22. The van der Waals surface area contributed by atoms with E-state index >= 15 is 0 Å². The Balaban J connectivity index is 2.15. The van der Waals surface area contributed by atoms with E-state index < -0.39 is 5.41 Å². The first-order valence-corrected chi connectivity index (χ1v) is 8.10. The molecule has 1 spiro atoms. The first-order chi connectivity index (χ1) is 12.1. The lowest BCUT2D eigenvalue weighted by Gasteiger charge is -2.32. The predicted octanol–water partition coefficient (Wildman–Crippen LogP) is 1.71. The monoisotopic (exact) mass is 335 g/mol. The number of carbonyl (C=O) groups is 1. The first kappa shape index (κ1) is 15.3. The Morgan fingerprint density at radius 1 is 1.44 bits per heavy atom. The lowest BCUT2D eigenvalue weighted by molar-refractivity contribution is -0.120. The van der Waals surface area contributed by atoms with Gasteiger partial charge >= 0.3 is 0 Å². The van der Waals surface area contributed by atoms with Crippen molar-refractivity contribution in [2.75, 3.05) is 11.9 Å². The standard InChI is InChI=1S/C18H17N5O2/c1-3-6-12-14-16(22-21-12)25-15(20)11(9-19)18(14)10-7-4-5-8-13(10)23(2)17(18)24/h4-5,7-8H,3,6,20H2,1-2H3,(H,21,22). The number of aryl methyl sites for hydroxylation is 1. The van der Waals surface area contributed by atoms with Gasteiger partial charge in [-0.2, -0.15) is 5.26 Å². The van der Waals surface area contributed by atoms with Crippen molar-refractivity contribution in [3.63, 3.8) is 0 Å². The van der Waals surface area contributed by atoms with E-state index in [1.165, 1.54) is 0 Å². The van der Waals surface area contributed by atoms with E-state index in [-0.39, 0.29) is 23.2 Å². The van der Waals surface area contributed by atoms with Crippen LogP contribution in [0.15, 0.2) is 35.7 Å². The Labute approximate surface area is 144 Å². The number of nitriles is 1. The van der Waals surface area contributed by atoms with Gasteiger partial charge in [-0.25, -0.2) is 0 Å². The molecule has 0 radical (unpaired) electrons. The number of benzene rings is 1. The lowest BCUT2D eigenvalue weighted by atomic mass is 9.68. The van der Waals surface area contributed by atoms with E-state index in [1.54, 1.807) is 11.9 Å². The summed E-state index contributed by atoms with van der Waals surface area (Å²) in [4.78, 5) is 15.0. The molecule has 1 aromatic carbocycles. The van der Waals surface area contributed by atoms with Gasteiger partial charge in [0.15, 0.2) is 0 Å². The van der Waals surface area contributed by atoms with Crippen molar-refractivity contribution in [3.8, 4) is 11.9 Å². The minimum absolute atomic E-state index is 0.0806. The van der Waals surface area contributed by atoms with Crippen LogP contribution in [0.4, 0.5) is 5.69 Å². The molecule has 2 aliphatic heterocycles. The van der Waals surface area contributed by atoms with Gasteiger partial charge in [-0.1, -0.05) is 31.5 Å². The van der Waals surface area contributed by atoms with Crippen LogP contribution in [0.25, 0.3) is 0 Å². The maximum Gasteiger partial charge on any atom is 0.247 e. The fourth-order valence-corrected chi connectivity index (χ4v) is 3.90. The highest BCUT2D eigenvalue weighted by Gasteiger charge is 2.60. The van der Waals surface area contributed by atoms with Crippen molar-refractivity contribution >= 4 is 11.6 Å². The number of hydrogen-bond acceptors (Lipinski definition) is 5. The van der Waals surface area contributed by atoms with Crippen LogP contribution in [0.5, 0.6) is 5.88 Å². The summed E-state index contributed by atoms with van der Waals surface area (Å²) in [6, 6.07) is 9.56. The molecular weight excluding hydrogens is 318 g/mol. The van der Waals surface area contributed by atoms with E-state index in [4.69, 9.17) is 10.5 Å². The number of nitrogens with zero attached hydrogens (tertiary/aromatic N) is 3. The van der Waals surface area contributed by atoms with Crippen molar-refractivity contribution in [2.45, 2.75) is 25.2 Å². The number of aromatic amines is 1. The number of H-pyrrole nitrogens is 1. The second-order valence-corrected chi connectivity index (χ2v) is 6.22. The van der Waals surface area contributed by atoms with Gasteiger partial charge < -0.3 is 15.4 Å². The van der Waals surface area contributed by atoms with Crippen molar-refractivity contribution in [2.24, 2.45) is 5.73 Å². The number of hydrogen-bond donors (Lipinski definition) is 2. The molecule has 3 heterocycles. The lowest BCUT2D eigenvalue weighted by Crippen LogP contribution is -2.45. The molecule has 1 unspecified atom stereocenters. The maximum atomic E-state index is 13.5. The highest BCUT2D eigenvalue weighted by atomic mass is 16.5. The Morgan fingerprint density at radius 3 is 2.92 bits per heavy atom. The molecule has 3 N–H and O–H groups in total. The average Bonchev–Trinajstić information content (AvgIpc) is 3.10. The summed E-state index contributed by atoms with van der Waals surface area (Å²) >= 11 is 0. The van der Waals surface area contributed by atoms with Crippen LogP contribution in [0, 0.1) is 11.3 Å². The molecule has 2 aromatic rings. The van der Waals surface area contributed by atoms with Crippen LogP contribution in [-0.4, -0.2) is 23.2 Å². The van der Waals surface area contributed by atoms with Gasteiger partial charge in [-0.15, -0.1) is 5.10 Å². The molecule has 2 aliphatic rings. The molecule has 1 amide bonds. The highest BCUT2D eigenvalue weighted by molar-refractivity contribution is 6.14. The molecule has 0 saturated heterocycles. The molecule has 0 aliphatic carbocycles. The van der Waals surface area contributed by atoms with Gasteiger partial charge in [0.25, 0.3) is 0 Å². The van der Waals surface area contributed by atoms with Gasteiger partial charge in [0.05, 0.1) is 5.56 Å². The average molecular weight is 335 g/mol. The molecule has 126 valence electrons. The number of amides is 1. The van der Waals surface area contributed by atoms with Gasteiger partial charge in [-0.05, 0) is 12.5 Å². The van der Waals surface area contributed by atoms with E-state index in [9.17, 15) is 10.1 Å². The Bertz CT molecular complexity index is 968. The number of rotatable bonds is 2. The Kier molecular flexibility index (Phi) is 3.12. The number of nitrogens with one attached hydrogen (secondary N) is 1. The predicted molar refractivity (Wildman–Crippen MR) is 90.7 cm³/mol. The minimum Gasteiger partial charge on any atom is -0.420 e. The molecule has 4 rings (SSSR count). The molecule has 0 fully saturated rings. The normalized spacial score (nSPS) is 21.2. The maximum absolute atomic E-state index is 13.5. The van der Waals surface area contributed by atoms with Gasteiger partial charge in [0, 0.05) is 24.0 Å². The Hall–Kier alpha value is -3.27. The highest BCUT2D eigenvalue weighted by Crippen LogP contribution is 2.55. The summed E-state index contributed by atoms with van der Waals surface area (Å²) < 4.78 is 5.57. The summed E-state index contributed by atoms with van der Waals surface area (Å²) in [7, 11) is 1.70. The van der Waals surface area contributed by atoms with E-state index in [0.717, 1.165) is 23.4 Å². The quantitative estimate of drug-likeness (QED) is 0.868. The molecule has 25 heavy (non-hydrogen) atoms. The third-order valence-corrected chi connectivity index (χ3v) is 4.92. The van der Waals surface area contributed by atoms with E-state index in [1.807, 2.05) is 31.2 Å². The topological polar surface area (TPSA) is 108 Å². The first-order valence-electron chi connectivity index (χ1n) is 8.10. The van der Waals surface area contributed by atoms with Gasteiger partial charge in [-0.3, -0.25) is 9.89 Å². The van der Waals surface area contributed by atoms with Crippen LogP contribution in [0.3, 0.4) is 0 Å². The smallest absolute Gasteiger partial charge is 0.247 e. The number of fused-ring (bicyclic) bond motifs is 4. The van der Waals surface area contributed by atoms with Crippen LogP contribution in [0.2, 0.25) is 0 Å². The van der Waals surface area contributed by atoms with Gasteiger partial charge in [0.1, 0.15) is 17.1 Å². The number of anilines is 1. The van der Waals surface area contributed by atoms with E-state index in [2.05, 4.69) is 16.3 Å². The third kappa shape index (κ3) is 1.68. The number of para-hydroxylation sites is 1. The zero-order valence-electron chi connectivity index (χ0n) is 14.0. The minimum atomic E-state index is -1.31. The van der Waals surface area contributed by atoms with Gasteiger partial charge in [0.2, 0.25) is 17.7 Å². The fraction of sp³-hybridized carbons (Fsp3) is 0.278. The second kappa shape index (κ2) is 5.11. The van der Waals surface area contributed by atoms with Crippen LogP contribution < -0.4 is 15.4 Å². The molecule has 7 nitrogen and oxygen atoms in total. The van der Waals surface area contributed by atoms with Crippen molar-refractivity contribution in [1.82, 2.24) is 10.2 Å². The number of carbonyl (C=O) groups excluding carboxylic acids is 1. The Morgan fingerprint density at radius 2 is 2.20 bits per heavy atom. The van der Waals surface area contributed by atoms with Crippen LogP contribution in [-0.2, 0) is 16.6 Å². The molecule has 1 aromatic heterocycles.